The average molecular weight is 259 g/mol. The molecule has 1 aliphatic rings. The van der Waals surface area contributed by atoms with Crippen LogP contribution in [0.3, 0.4) is 0 Å². The molecule has 2 aromatic rings. The quantitative estimate of drug-likeness (QED) is 0.922. The summed E-state index contributed by atoms with van der Waals surface area (Å²) >= 11 is 0. The monoisotopic (exact) mass is 259 g/mol. The number of hydrogen-bond donors (Lipinski definition) is 1. The fraction of sp³-hybridized carbons (Fsp3) is 0.533. The maximum absolute atomic E-state index is 6.20. The van der Waals surface area contributed by atoms with Crippen LogP contribution >= 0.6 is 0 Å². The molecule has 0 bridgehead atoms. The first-order chi connectivity index (χ1) is 9.19. The average Bonchev–Trinajstić information content (AvgIpc) is 2.97. The lowest BCUT2D eigenvalue weighted by atomic mass is 9.93. The first-order valence-electron chi connectivity index (χ1n) is 7.07. The first kappa shape index (κ1) is 12.5. The van der Waals surface area contributed by atoms with Crippen LogP contribution < -0.4 is 5.73 Å². The Bertz CT molecular complexity index is 582. The van der Waals surface area contributed by atoms with Crippen LogP contribution in [0.25, 0.3) is 0 Å². The van der Waals surface area contributed by atoms with Crippen LogP contribution in [0.15, 0.2) is 16.7 Å². The topological polar surface area (TPSA) is 57.0 Å². The van der Waals surface area contributed by atoms with Gasteiger partial charge in [-0.15, -0.1) is 0 Å². The van der Waals surface area contributed by atoms with Gasteiger partial charge < -0.3 is 14.7 Å². The van der Waals surface area contributed by atoms with Crippen molar-refractivity contribution in [1.29, 1.82) is 0 Å². The molecule has 1 atom stereocenters. The van der Waals surface area contributed by atoms with Gasteiger partial charge in [-0.05, 0) is 37.8 Å². The Morgan fingerprint density at radius 2 is 2.37 bits per heavy atom. The third-order valence-corrected chi connectivity index (χ3v) is 4.02. The normalized spacial score (nSPS) is 18.6. The molecule has 19 heavy (non-hydrogen) atoms. The standard InChI is InChI=1S/C15H21N3O/c1-3-11-8-17-15(19-11)9-18-10(2)7-12-13(16)5-4-6-14(12)18/h7-8,13H,3-6,9,16H2,1-2H3. The number of nitrogens with two attached hydrogens (primary N) is 1. The smallest absolute Gasteiger partial charge is 0.214 e. The number of fused-ring (bicyclic) bond motifs is 1. The Morgan fingerprint density at radius 1 is 1.53 bits per heavy atom. The Morgan fingerprint density at radius 3 is 3.11 bits per heavy atom. The molecular formula is C15H21N3O. The summed E-state index contributed by atoms with van der Waals surface area (Å²) in [6.07, 6.45) is 6.09. The highest BCUT2D eigenvalue weighted by molar-refractivity contribution is 5.33. The highest BCUT2D eigenvalue weighted by Gasteiger charge is 2.22. The van der Waals surface area contributed by atoms with Gasteiger partial charge in [-0.2, -0.15) is 0 Å². The van der Waals surface area contributed by atoms with Crippen molar-refractivity contribution in [1.82, 2.24) is 9.55 Å². The number of hydrogen-bond acceptors (Lipinski definition) is 3. The van der Waals surface area contributed by atoms with E-state index in [2.05, 4.69) is 29.5 Å². The summed E-state index contributed by atoms with van der Waals surface area (Å²) in [7, 11) is 0. The van der Waals surface area contributed by atoms with E-state index >= 15 is 0 Å². The second-order valence-electron chi connectivity index (χ2n) is 5.35. The Kier molecular flexibility index (Phi) is 3.19. The maximum atomic E-state index is 6.20. The predicted molar refractivity (Wildman–Crippen MR) is 74.0 cm³/mol. The molecule has 4 heteroatoms. The zero-order chi connectivity index (χ0) is 13.4. The summed E-state index contributed by atoms with van der Waals surface area (Å²) in [6, 6.07) is 2.42. The Hall–Kier alpha value is -1.55. The van der Waals surface area contributed by atoms with Crippen molar-refractivity contribution in [3.8, 4) is 0 Å². The maximum Gasteiger partial charge on any atom is 0.214 e. The Balaban J connectivity index is 1.92. The first-order valence-corrected chi connectivity index (χ1v) is 7.07. The molecule has 3 rings (SSSR count). The zero-order valence-corrected chi connectivity index (χ0v) is 11.6. The van der Waals surface area contributed by atoms with Crippen molar-refractivity contribution in [2.75, 3.05) is 0 Å². The van der Waals surface area contributed by atoms with Gasteiger partial charge in [0.05, 0.1) is 12.7 Å². The number of aromatic nitrogens is 2. The highest BCUT2D eigenvalue weighted by Crippen LogP contribution is 2.31. The minimum absolute atomic E-state index is 0.194. The van der Waals surface area contributed by atoms with Crippen molar-refractivity contribution in [3.63, 3.8) is 0 Å². The largest absolute Gasteiger partial charge is 0.444 e. The van der Waals surface area contributed by atoms with E-state index in [1.165, 1.54) is 23.4 Å². The Labute approximate surface area is 113 Å². The molecule has 0 amide bonds. The van der Waals surface area contributed by atoms with Gasteiger partial charge >= 0.3 is 0 Å². The van der Waals surface area contributed by atoms with Crippen molar-refractivity contribution >= 4 is 0 Å². The van der Waals surface area contributed by atoms with Gasteiger partial charge in [-0.3, -0.25) is 0 Å². The third-order valence-electron chi connectivity index (χ3n) is 4.02. The van der Waals surface area contributed by atoms with Crippen molar-refractivity contribution < 1.29 is 4.42 Å². The number of nitrogens with zero attached hydrogens (tertiary/aromatic N) is 2. The van der Waals surface area contributed by atoms with Crippen molar-refractivity contribution in [2.45, 2.75) is 52.1 Å². The van der Waals surface area contributed by atoms with Gasteiger partial charge in [-0.1, -0.05) is 6.92 Å². The summed E-state index contributed by atoms with van der Waals surface area (Å²) < 4.78 is 8.02. The molecule has 0 fully saturated rings. The van der Waals surface area contributed by atoms with Crippen molar-refractivity contribution in [2.24, 2.45) is 5.73 Å². The SMILES string of the molecule is CCc1cnc(Cn2c(C)cc3c2CCCC3N)o1. The minimum atomic E-state index is 0.194. The molecule has 1 unspecified atom stereocenters. The molecule has 0 aromatic carbocycles. The summed E-state index contributed by atoms with van der Waals surface area (Å²) in [5.74, 6) is 1.74. The summed E-state index contributed by atoms with van der Waals surface area (Å²) in [5, 5.41) is 0. The van der Waals surface area contributed by atoms with Crippen molar-refractivity contribution in [3.05, 3.63) is 40.9 Å². The van der Waals surface area contributed by atoms with Crippen LogP contribution in [0.2, 0.25) is 0 Å². The molecule has 0 saturated carbocycles. The van der Waals surface area contributed by atoms with E-state index in [0.717, 1.165) is 30.9 Å². The molecular weight excluding hydrogens is 238 g/mol. The lowest BCUT2D eigenvalue weighted by Gasteiger charge is -2.20. The van der Waals surface area contributed by atoms with Gasteiger partial charge in [-0.25, -0.2) is 4.98 Å². The van der Waals surface area contributed by atoms with Gasteiger partial charge in [0.25, 0.3) is 0 Å². The summed E-state index contributed by atoms with van der Waals surface area (Å²) in [6.45, 7) is 4.93. The molecule has 0 spiro atoms. The van der Waals surface area contributed by atoms with Crippen LogP contribution in [-0.4, -0.2) is 9.55 Å². The number of rotatable bonds is 3. The fourth-order valence-corrected chi connectivity index (χ4v) is 2.94. The summed E-state index contributed by atoms with van der Waals surface area (Å²) in [5.41, 5.74) is 10.1. The van der Waals surface area contributed by atoms with Crippen LogP contribution in [0.5, 0.6) is 0 Å². The fourth-order valence-electron chi connectivity index (χ4n) is 2.94. The lowest BCUT2D eigenvalue weighted by Crippen LogP contribution is -2.18. The van der Waals surface area contributed by atoms with Crippen LogP contribution in [0, 0.1) is 6.92 Å². The third kappa shape index (κ3) is 2.21. The second kappa shape index (κ2) is 4.85. The minimum Gasteiger partial charge on any atom is -0.444 e. The van der Waals surface area contributed by atoms with Gasteiger partial charge in [0.1, 0.15) is 5.76 Å². The second-order valence-corrected chi connectivity index (χ2v) is 5.35. The van der Waals surface area contributed by atoms with E-state index in [0.29, 0.717) is 6.54 Å². The number of aryl methyl sites for hydroxylation is 2. The lowest BCUT2D eigenvalue weighted by molar-refractivity contribution is 0.438. The molecule has 0 aliphatic heterocycles. The van der Waals surface area contributed by atoms with Crippen LogP contribution in [0.4, 0.5) is 0 Å². The molecule has 1 aliphatic carbocycles. The molecule has 2 aromatic heterocycles. The van der Waals surface area contributed by atoms with Gasteiger partial charge in [0.15, 0.2) is 0 Å². The van der Waals surface area contributed by atoms with Gasteiger partial charge in [0, 0.05) is 23.9 Å². The van der Waals surface area contributed by atoms with Crippen LogP contribution in [0.1, 0.15) is 54.4 Å². The van der Waals surface area contributed by atoms with E-state index in [-0.39, 0.29) is 6.04 Å². The summed E-state index contributed by atoms with van der Waals surface area (Å²) in [4.78, 5) is 4.35. The van der Waals surface area contributed by atoms with E-state index < -0.39 is 0 Å². The van der Waals surface area contributed by atoms with Crippen LogP contribution in [-0.2, 0) is 19.4 Å². The zero-order valence-electron chi connectivity index (χ0n) is 11.6. The van der Waals surface area contributed by atoms with Gasteiger partial charge in [0.2, 0.25) is 5.89 Å². The van der Waals surface area contributed by atoms with E-state index in [4.69, 9.17) is 10.2 Å². The molecule has 0 saturated heterocycles. The molecule has 4 nitrogen and oxygen atoms in total. The van der Waals surface area contributed by atoms with E-state index in [1.54, 1.807) is 0 Å². The highest BCUT2D eigenvalue weighted by atomic mass is 16.4. The molecule has 2 N–H and O–H groups in total. The number of oxazole rings is 1. The van der Waals surface area contributed by atoms with E-state index in [1.807, 2.05) is 6.20 Å². The van der Waals surface area contributed by atoms with E-state index in [9.17, 15) is 0 Å². The molecule has 0 radical (unpaired) electrons. The predicted octanol–water partition coefficient (Wildman–Crippen LogP) is 2.73. The molecule has 2 heterocycles. The molecule has 102 valence electrons.